The Hall–Kier alpha value is -3.01. The summed E-state index contributed by atoms with van der Waals surface area (Å²) in [5.41, 5.74) is 5.26. The number of thiocarbonyl (C=S) groups is 1. The second kappa shape index (κ2) is 9.62. The van der Waals surface area contributed by atoms with Crippen molar-refractivity contribution in [3.63, 3.8) is 0 Å². The van der Waals surface area contributed by atoms with Gasteiger partial charge in [-0.3, -0.25) is 15.6 Å². The quantitative estimate of drug-likeness (QED) is 0.512. The van der Waals surface area contributed by atoms with Gasteiger partial charge in [0.15, 0.2) is 22.8 Å². The summed E-state index contributed by atoms with van der Waals surface area (Å²) in [6.07, 6.45) is -0.983. The summed E-state index contributed by atoms with van der Waals surface area (Å²) in [4.78, 5) is 12.0. The fourth-order valence-corrected chi connectivity index (χ4v) is 2.06. The van der Waals surface area contributed by atoms with Crippen LogP contribution in [0.3, 0.4) is 0 Å². The van der Waals surface area contributed by atoms with Gasteiger partial charge in [0, 0.05) is 5.69 Å². The highest BCUT2D eigenvalue weighted by Gasteiger charge is 2.16. The number of carbonyl (C=O) groups excluding carboxylic acids is 1. The molecule has 0 aliphatic rings. The Bertz CT molecular complexity index is 790. The van der Waals surface area contributed by atoms with Gasteiger partial charge in [-0.05, 0) is 55.5 Å². The van der Waals surface area contributed by atoms with E-state index in [0.717, 1.165) is 0 Å². The number of benzene rings is 2. The SMILES string of the molecule is C[C@H](Oc1ccccc1F)C(=O)NNC(=S)Nc1ccc(OC(F)F)cc1. The van der Waals surface area contributed by atoms with Crippen LogP contribution in [-0.4, -0.2) is 23.7 Å². The second-order valence-electron chi connectivity index (χ2n) is 5.16. The van der Waals surface area contributed by atoms with Gasteiger partial charge in [0.2, 0.25) is 0 Å². The number of alkyl halides is 2. The number of hydrogen-bond donors (Lipinski definition) is 3. The summed E-state index contributed by atoms with van der Waals surface area (Å²) in [5, 5.41) is 2.78. The molecule has 0 radical (unpaired) electrons. The normalized spacial score (nSPS) is 11.4. The molecule has 0 heterocycles. The molecule has 0 aliphatic carbocycles. The van der Waals surface area contributed by atoms with Crippen molar-refractivity contribution in [2.45, 2.75) is 19.6 Å². The van der Waals surface area contributed by atoms with Crippen molar-refractivity contribution in [1.82, 2.24) is 10.9 Å². The topological polar surface area (TPSA) is 71.6 Å². The molecule has 1 amide bonds. The van der Waals surface area contributed by atoms with Gasteiger partial charge in [0.25, 0.3) is 5.91 Å². The maximum atomic E-state index is 13.5. The Morgan fingerprint density at radius 3 is 2.33 bits per heavy atom. The van der Waals surface area contributed by atoms with E-state index in [1.165, 1.54) is 49.4 Å². The van der Waals surface area contributed by atoms with Crippen molar-refractivity contribution in [2.75, 3.05) is 5.32 Å². The van der Waals surface area contributed by atoms with E-state index < -0.39 is 24.4 Å². The van der Waals surface area contributed by atoms with Crippen LogP contribution in [0.25, 0.3) is 0 Å². The zero-order valence-electron chi connectivity index (χ0n) is 14.0. The molecule has 2 rings (SSSR count). The first-order valence-corrected chi connectivity index (χ1v) is 8.09. The highest BCUT2D eigenvalue weighted by molar-refractivity contribution is 7.80. The van der Waals surface area contributed by atoms with E-state index in [2.05, 4.69) is 20.9 Å². The first kappa shape index (κ1) is 20.3. The van der Waals surface area contributed by atoms with Gasteiger partial charge in [-0.1, -0.05) is 12.1 Å². The maximum Gasteiger partial charge on any atom is 0.387 e. The average Bonchev–Trinajstić information content (AvgIpc) is 2.62. The van der Waals surface area contributed by atoms with Gasteiger partial charge in [0.1, 0.15) is 5.75 Å². The lowest BCUT2D eigenvalue weighted by Crippen LogP contribution is -2.48. The fraction of sp³-hybridized carbons (Fsp3) is 0.176. The lowest BCUT2D eigenvalue weighted by molar-refractivity contribution is -0.127. The monoisotopic (exact) mass is 399 g/mol. The largest absolute Gasteiger partial charge is 0.478 e. The van der Waals surface area contributed by atoms with Crippen LogP contribution in [0, 0.1) is 5.82 Å². The number of carbonyl (C=O) groups is 1. The van der Waals surface area contributed by atoms with E-state index in [0.29, 0.717) is 5.69 Å². The van der Waals surface area contributed by atoms with Crippen LogP contribution < -0.4 is 25.6 Å². The van der Waals surface area contributed by atoms with E-state index in [-0.39, 0.29) is 16.6 Å². The minimum Gasteiger partial charge on any atom is -0.478 e. The molecule has 0 fully saturated rings. The number of para-hydroxylation sites is 1. The number of hydrogen-bond acceptors (Lipinski definition) is 4. The molecule has 0 saturated heterocycles. The molecule has 10 heteroatoms. The Morgan fingerprint density at radius 2 is 1.70 bits per heavy atom. The van der Waals surface area contributed by atoms with Crippen molar-refractivity contribution in [1.29, 1.82) is 0 Å². The predicted octanol–water partition coefficient (Wildman–Crippen LogP) is 3.21. The van der Waals surface area contributed by atoms with Crippen LogP contribution in [0.4, 0.5) is 18.9 Å². The third-order valence-electron chi connectivity index (χ3n) is 3.15. The molecule has 0 aliphatic heterocycles. The number of ether oxygens (including phenoxy) is 2. The van der Waals surface area contributed by atoms with Crippen LogP contribution in [0.15, 0.2) is 48.5 Å². The Morgan fingerprint density at radius 1 is 1.04 bits per heavy atom. The molecule has 6 nitrogen and oxygen atoms in total. The molecule has 0 unspecified atom stereocenters. The van der Waals surface area contributed by atoms with Gasteiger partial charge in [-0.2, -0.15) is 8.78 Å². The molecule has 2 aromatic carbocycles. The van der Waals surface area contributed by atoms with Crippen LogP contribution in [0.2, 0.25) is 0 Å². The smallest absolute Gasteiger partial charge is 0.387 e. The van der Waals surface area contributed by atoms with Crippen LogP contribution in [0.1, 0.15) is 6.92 Å². The summed E-state index contributed by atoms with van der Waals surface area (Å²) < 4.78 is 47.2. The number of nitrogens with one attached hydrogen (secondary N) is 3. The Kier molecular flexibility index (Phi) is 7.24. The minimum absolute atomic E-state index is 0.00171. The lowest BCUT2D eigenvalue weighted by atomic mass is 10.3. The van der Waals surface area contributed by atoms with Gasteiger partial charge >= 0.3 is 6.61 Å². The average molecular weight is 399 g/mol. The van der Waals surface area contributed by atoms with Crippen molar-refractivity contribution in [2.24, 2.45) is 0 Å². The zero-order chi connectivity index (χ0) is 19.8. The van der Waals surface area contributed by atoms with Crippen LogP contribution in [-0.2, 0) is 4.79 Å². The number of hydrazine groups is 1. The minimum atomic E-state index is -2.91. The third kappa shape index (κ3) is 6.66. The van der Waals surface area contributed by atoms with Crippen molar-refractivity contribution in [3.05, 3.63) is 54.3 Å². The third-order valence-corrected chi connectivity index (χ3v) is 3.35. The van der Waals surface area contributed by atoms with Crippen molar-refractivity contribution in [3.8, 4) is 11.5 Å². The summed E-state index contributed by atoms with van der Waals surface area (Å²) in [5.74, 6) is -1.21. The number of amides is 1. The first-order valence-electron chi connectivity index (χ1n) is 7.68. The van der Waals surface area contributed by atoms with Gasteiger partial charge in [0.05, 0.1) is 0 Å². The number of anilines is 1. The second-order valence-corrected chi connectivity index (χ2v) is 5.57. The molecule has 2 aromatic rings. The molecule has 0 saturated carbocycles. The molecular weight excluding hydrogens is 383 g/mol. The van der Waals surface area contributed by atoms with Gasteiger partial charge in [-0.25, -0.2) is 4.39 Å². The van der Waals surface area contributed by atoms with E-state index in [4.69, 9.17) is 17.0 Å². The molecule has 144 valence electrons. The molecule has 0 aromatic heterocycles. The van der Waals surface area contributed by atoms with E-state index >= 15 is 0 Å². The summed E-state index contributed by atoms with van der Waals surface area (Å²) >= 11 is 5.01. The summed E-state index contributed by atoms with van der Waals surface area (Å²) in [6, 6.07) is 11.3. The highest BCUT2D eigenvalue weighted by atomic mass is 32.1. The molecule has 1 atom stereocenters. The molecule has 0 spiro atoms. The van der Waals surface area contributed by atoms with E-state index in [9.17, 15) is 18.0 Å². The predicted molar refractivity (Wildman–Crippen MR) is 97.1 cm³/mol. The summed E-state index contributed by atoms with van der Waals surface area (Å²) in [6.45, 7) is -1.46. The Labute approximate surface area is 158 Å². The van der Waals surface area contributed by atoms with Crippen LogP contribution in [0.5, 0.6) is 11.5 Å². The molecule has 0 bridgehead atoms. The zero-order valence-corrected chi connectivity index (χ0v) is 14.9. The first-order chi connectivity index (χ1) is 12.8. The van der Waals surface area contributed by atoms with Crippen molar-refractivity contribution < 1.29 is 27.4 Å². The van der Waals surface area contributed by atoms with Crippen LogP contribution >= 0.6 is 12.2 Å². The highest BCUT2D eigenvalue weighted by Crippen LogP contribution is 2.18. The molecular formula is C17H16F3N3O3S. The maximum absolute atomic E-state index is 13.5. The number of rotatable bonds is 6. The fourth-order valence-electron chi connectivity index (χ4n) is 1.89. The Balaban J connectivity index is 1.79. The van der Waals surface area contributed by atoms with Gasteiger partial charge < -0.3 is 14.8 Å². The van der Waals surface area contributed by atoms with Crippen molar-refractivity contribution >= 4 is 28.9 Å². The molecule has 3 N–H and O–H groups in total. The van der Waals surface area contributed by atoms with E-state index in [1.807, 2.05) is 0 Å². The number of halogens is 3. The van der Waals surface area contributed by atoms with E-state index in [1.54, 1.807) is 6.07 Å². The lowest BCUT2D eigenvalue weighted by Gasteiger charge is -2.17. The molecule has 27 heavy (non-hydrogen) atoms. The standard InChI is InChI=1S/C17H16F3N3O3S/c1-10(25-14-5-3-2-4-13(14)18)15(24)22-23-17(27)21-11-6-8-12(9-7-11)26-16(19)20/h2-10,16H,1H3,(H,22,24)(H2,21,23,27)/t10-/m0/s1. The van der Waals surface area contributed by atoms with Gasteiger partial charge in [-0.15, -0.1) is 0 Å². The summed E-state index contributed by atoms with van der Waals surface area (Å²) in [7, 11) is 0.